The molecule has 0 aromatic rings. The maximum atomic E-state index is 12.3. The number of hydrogen-bond acceptors (Lipinski definition) is 3. The average Bonchev–Trinajstić information content (AvgIpc) is 2.65. The van der Waals surface area contributed by atoms with Gasteiger partial charge in [-0.3, -0.25) is 9.59 Å². The minimum atomic E-state index is -0.345. The van der Waals surface area contributed by atoms with Crippen LogP contribution in [0.1, 0.15) is 57.8 Å². The van der Waals surface area contributed by atoms with Crippen LogP contribution in [-0.2, 0) is 9.59 Å². The van der Waals surface area contributed by atoms with Crippen molar-refractivity contribution in [3.63, 3.8) is 0 Å². The number of nitrogens with one attached hydrogen (secondary N) is 3. The fourth-order valence-corrected chi connectivity index (χ4v) is 3.37. The highest BCUT2D eigenvalue weighted by molar-refractivity contribution is 5.88. The molecule has 2 fully saturated rings. The molecule has 2 rings (SSSR count). The molecule has 2 aliphatic rings. The Morgan fingerprint density at radius 2 is 2.00 bits per heavy atom. The predicted octanol–water partition coefficient (Wildman–Crippen LogP) is 1.08. The number of amides is 2. The maximum Gasteiger partial charge on any atom is 0.242 e. The van der Waals surface area contributed by atoms with E-state index in [-0.39, 0.29) is 23.4 Å². The molecule has 0 radical (unpaired) electrons. The van der Waals surface area contributed by atoms with Crippen LogP contribution in [-0.4, -0.2) is 37.0 Å². The van der Waals surface area contributed by atoms with E-state index in [2.05, 4.69) is 16.0 Å². The van der Waals surface area contributed by atoms with Crippen LogP contribution in [0.3, 0.4) is 0 Å². The van der Waals surface area contributed by atoms with Crippen molar-refractivity contribution in [3.05, 3.63) is 0 Å². The zero-order valence-electron chi connectivity index (χ0n) is 12.5. The lowest BCUT2D eigenvalue weighted by Gasteiger charge is -2.37. The van der Waals surface area contributed by atoms with Crippen LogP contribution >= 0.6 is 0 Å². The van der Waals surface area contributed by atoms with Crippen LogP contribution in [0.5, 0.6) is 0 Å². The maximum absolute atomic E-state index is 12.3. The fourth-order valence-electron chi connectivity index (χ4n) is 3.37. The van der Waals surface area contributed by atoms with Gasteiger partial charge in [0.2, 0.25) is 11.8 Å². The summed E-state index contributed by atoms with van der Waals surface area (Å²) >= 11 is 0. The molecule has 20 heavy (non-hydrogen) atoms. The van der Waals surface area contributed by atoms with Crippen molar-refractivity contribution in [2.24, 2.45) is 0 Å². The second-order valence-corrected chi connectivity index (χ2v) is 6.17. The van der Waals surface area contributed by atoms with Crippen molar-refractivity contribution in [1.29, 1.82) is 0 Å². The standard InChI is InChI=1S/C15H27N3O2/c1-16-15(8-4-2-5-9-15)11-13(19)18-12-7-3-6-10-17-14(12)20/h12,16H,2-11H2,1H3,(H,17,20)(H,18,19). The second kappa shape index (κ2) is 7.07. The molecular weight excluding hydrogens is 254 g/mol. The van der Waals surface area contributed by atoms with Crippen molar-refractivity contribution in [2.75, 3.05) is 13.6 Å². The van der Waals surface area contributed by atoms with E-state index in [1.807, 2.05) is 7.05 Å². The summed E-state index contributed by atoms with van der Waals surface area (Å²) in [7, 11) is 1.94. The van der Waals surface area contributed by atoms with Crippen LogP contribution in [0.15, 0.2) is 0 Å². The topological polar surface area (TPSA) is 70.2 Å². The van der Waals surface area contributed by atoms with E-state index in [9.17, 15) is 9.59 Å². The third-order valence-electron chi connectivity index (χ3n) is 4.71. The van der Waals surface area contributed by atoms with Gasteiger partial charge >= 0.3 is 0 Å². The van der Waals surface area contributed by atoms with Crippen molar-refractivity contribution in [1.82, 2.24) is 16.0 Å². The Morgan fingerprint density at radius 1 is 1.25 bits per heavy atom. The molecule has 1 heterocycles. The van der Waals surface area contributed by atoms with Crippen LogP contribution < -0.4 is 16.0 Å². The molecule has 0 aromatic heterocycles. The zero-order valence-corrected chi connectivity index (χ0v) is 12.5. The first-order valence-corrected chi connectivity index (χ1v) is 7.91. The normalized spacial score (nSPS) is 26.4. The lowest BCUT2D eigenvalue weighted by molar-refractivity contribution is -0.129. The molecule has 2 amide bonds. The number of rotatable bonds is 4. The Labute approximate surface area is 121 Å². The summed E-state index contributed by atoms with van der Waals surface area (Å²) in [6.07, 6.45) is 8.94. The number of carbonyl (C=O) groups is 2. The molecule has 0 bridgehead atoms. The third-order valence-corrected chi connectivity index (χ3v) is 4.71. The molecule has 1 saturated carbocycles. The Morgan fingerprint density at radius 3 is 2.70 bits per heavy atom. The molecule has 0 aromatic carbocycles. The SMILES string of the molecule is CNC1(CC(=O)NC2CCCCNC2=O)CCCCC1. The summed E-state index contributed by atoms with van der Waals surface area (Å²) in [5.74, 6) is -0.0266. The van der Waals surface area contributed by atoms with Crippen LogP contribution in [0.25, 0.3) is 0 Å². The van der Waals surface area contributed by atoms with Gasteiger partial charge in [-0.15, -0.1) is 0 Å². The Kier molecular flexibility index (Phi) is 5.40. The first-order valence-electron chi connectivity index (χ1n) is 7.91. The number of hydrogen-bond donors (Lipinski definition) is 3. The third kappa shape index (κ3) is 3.95. The molecule has 1 aliphatic carbocycles. The molecule has 1 saturated heterocycles. The van der Waals surface area contributed by atoms with E-state index in [4.69, 9.17) is 0 Å². The van der Waals surface area contributed by atoms with Crippen LogP contribution in [0, 0.1) is 0 Å². The molecule has 5 nitrogen and oxygen atoms in total. The minimum Gasteiger partial charge on any atom is -0.354 e. The van der Waals surface area contributed by atoms with Gasteiger partial charge in [-0.05, 0) is 39.2 Å². The Balaban J connectivity index is 1.88. The first-order chi connectivity index (χ1) is 9.65. The van der Waals surface area contributed by atoms with Crippen molar-refractivity contribution < 1.29 is 9.59 Å². The lowest BCUT2D eigenvalue weighted by Crippen LogP contribution is -2.51. The van der Waals surface area contributed by atoms with E-state index < -0.39 is 0 Å². The van der Waals surface area contributed by atoms with Gasteiger partial charge in [0.05, 0.1) is 0 Å². The van der Waals surface area contributed by atoms with Crippen molar-refractivity contribution in [3.8, 4) is 0 Å². The quantitative estimate of drug-likeness (QED) is 0.722. The van der Waals surface area contributed by atoms with E-state index in [1.54, 1.807) is 0 Å². The molecular formula is C15H27N3O2. The highest BCUT2D eigenvalue weighted by Gasteiger charge is 2.33. The molecule has 0 spiro atoms. The molecule has 1 aliphatic heterocycles. The highest BCUT2D eigenvalue weighted by Crippen LogP contribution is 2.30. The fraction of sp³-hybridized carbons (Fsp3) is 0.867. The van der Waals surface area contributed by atoms with Gasteiger partial charge in [-0.2, -0.15) is 0 Å². The second-order valence-electron chi connectivity index (χ2n) is 6.17. The average molecular weight is 281 g/mol. The Bertz CT molecular complexity index is 351. The summed E-state index contributed by atoms with van der Waals surface area (Å²) in [5, 5.41) is 9.13. The zero-order chi connectivity index (χ0) is 14.4. The van der Waals surface area contributed by atoms with Gasteiger partial charge in [0.25, 0.3) is 0 Å². The van der Waals surface area contributed by atoms with Gasteiger partial charge in [0.1, 0.15) is 6.04 Å². The minimum absolute atomic E-state index is 0.00306. The molecule has 1 atom stereocenters. The van der Waals surface area contributed by atoms with E-state index >= 15 is 0 Å². The molecule has 114 valence electrons. The monoisotopic (exact) mass is 281 g/mol. The van der Waals surface area contributed by atoms with Crippen LogP contribution in [0.2, 0.25) is 0 Å². The van der Waals surface area contributed by atoms with E-state index in [0.717, 1.165) is 38.6 Å². The smallest absolute Gasteiger partial charge is 0.242 e. The van der Waals surface area contributed by atoms with Gasteiger partial charge in [0.15, 0.2) is 0 Å². The summed E-state index contributed by atoms with van der Waals surface area (Å²) in [4.78, 5) is 24.1. The summed E-state index contributed by atoms with van der Waals surface area (Å²) in [6, 6.07) is -0.345. The van der Waals surface area contributed by atoms with Crippen molar-refractivity contribution in [2.45, 2.75) is 69.4 Å². The van der Waals surface area contributed by atoms with Gasteiger partial charge in [0, 0.05) is 18.5 Å². The highest BCUT2D eigenvalue weighted by atomic mass is 16.2. The summed E-state index contributed by atoms with van der Waals surface area (Å²) < 4.78 is 0. The lowest BCUT2D eigenvalue weighted by atomic mass is 9.79. The summed E-state index contributed by atoms with van der Waals surface area (Å²) in [5.41, 5.74) is -0.0659. The van der Waals surface area contributed by atoms with Gasteiger partial charge in [-0.1, -0.05) is 19.3 Å². The molecule has 1 unspecified atom stereocenters. The summed E-state index contributed by atoms with van der Waals surface area (Å²) in [6.45, 7) is 0.728. The Hall–Kier alpha value is -1.10. The molecule has 5 heteroatoms. The predicted molar refractivity (Wildman–Crippen MR) is 78.3 cm³/mol. The molecule has 3 N–H and O–H groups in total. The van der Waals surface area contributed by atoms with Gasteiger partial charge in [-0.25, -0.2) is 0 Å². The van der Waals surface area contributed by atoms with Crippen LogP contribution in [0.4, 0.5) is 0 Å². The van der Waals surface area contributed by atoms with Crippen molar-refractivity contribution >= 4 is 11.8 Å². The van der Waals surface area contributed by atoms with E-state index in [0.29, 0.717) is 6.42 Å². The van der Waals surface area contributed by atoms with E-state index in [1.165, 1.54) is 19.3 Å². The van der Waals surface area contributed by atoms with Gasteiger partial charge < -0.3 is 16.0 Å². The first kappa shape index (κ1) is 15.3. The number of carbonyl (C=O) groups excluding carboxylic acids is 2. The largest absolute Gasteiger partial charge is 0.354 e.